The summed E-state index contributed by atoms with van der Waals surface area (Å²) in [6.45, 7) is 0.678. The number of rotatable bonds is 3. The fourth-order valence-electron chi connectivity index (χ4n) is 1.42. The van der Waals surface area contributed by atoms with E-state index < -0.39 is 22.1 Å². The monoisotopic (exact) mass is 282 g/mol. The summed E-state index contributed by atoms with van der Waals surface area (Å²) in [6, 6.07) is -0.682. The molecule has 1 fully saturated rings. The van der Waals surface area contributed by atoms with Gasteiger partial charge in [0, 0.05) is 12.5 Å². The highest BCUT2D eigenvalue weighted by Crippen LogP contribution is 2.15. The van der Waals surface area contributed by atoms with Crippen molar-refractivity contribution in [2.45, 2.75) is 18.9 Å². The van der Waals surface area contributed by atoms with Crippen molar-refractivity contribution in [1.29, 1.82) is 0 Å². The van der Waals surface area contributed by atoms with Crippen LogP contribution in [0.5, 0.6) is 0 Å². The van der Waals surface area contributed by atoms with E-state index in [0.29, 0.717) is 19.2 Å². The Balaban J connectivity index is 0.000000494. The van der Waals surface area contributed by atoms with Crippen LogP contribution in [0.2, 0.25) is 0 Å². The van der Waals surface area contributed by atoms with Crippen LogP contribution in [0.1, 0.15) is 12.8 Å². The van der Waals surface area contributed by atoms with Crippen LogP contribution in [-0.4, -0.2) is 50.8 Å². The number of nitrogens with two attached hydrogens (primary N) is 1. The van der Waals surface area contributed by atoms with Crippen molar-refractivity contribution in [2.75, 3.05) is 19.9 Å². The van der Waals surface area contributed by atoms with Gasteiger partial charge in [0.05, 0.1) is 13.4 Å². The second kappa shape index (κ2) is 7.29. The molecule has 1 amide bonds. The number of esters is 1. The lowest BCUT2D eigenvalue weighted by molar-refractivity contribution is -0.142. The normalized spacial score (nSPS) is 20.4. The Labute approximate surface area is 106 Å². The minimum atomic E-state index is -3.67. The van der Waals surface area contributed by atoms with E-state index in [4.69, 9.17) is 10.3 Å². The van der Waals surface area contributed by atoms with Crippen molar-refractivity contribution in [2.24, 2.45) is 11.7 Å². The molecule has 0 unspecified atom stereocenters. The largest absolute Gasteiger partial charge is 0.468 e. The van der Waals surface area contributed by atoms with E-state index in [0.717, 1.165) is 6.42 Å². The molecule has 1 saturated heterocycles. The summed E-state index contributed by atoms with van der Waals surface area (Å²) in [4.78, 5) is 22.0. The summed E-state index contributed by atoms with van der Waals surface area (Å²) >= 11 is 0. The van der Waals surface area contributed by atoms with Crippen LogP contribution < -0.4 is 11.1 Å². The summed E-state index contributed by atoms with van der Waals surface area (Å²) in [5.41, 5.74) is 5.52. The Bertz CT molecular complexity index is 386. The molecule has 1 heterocycles. The van der Waals surface area contributed by atoms with Crippen LogP contribution in [0.4, 0.5) is 0 Å². The number of nitrogens with one attached hydrogen (secondary N) is 1. The van der Waals surface area contributed by atoms with E-state index in [1.165, 1.54) is 7.11 Å². The van der Waals surface area contributed by atoms with Crippen molar-refractivity contribution < 1.29 is 27.3 Å². The standard InChI is InChI=1S/C8H14N2O3.CH4O3S/c1-13-8(12)6(9)4-5-2-3-10-7(5)11;1-5(2,3)4/h5-6H,2-4,9H2,1H3,(H,10,11);1H3,(H,2,3,4)/t5-,6-;/m0./s1. The number of ether oxygens (including phenoxy) is 1. The number of hydrogen-bond acceptors (Lipinski definition) is 6. The van der Waals surface area contributed by atoms with Gasteiger partial charge in [-0.3, -0.25) is 14.1 Å². The minimum Gasteiger partial charge on any atom is -0.468 e. The predicted octanol–water partition coefficient (Wildman–Crippen LogP) is -1.48. The lowest BCUT2D eigenvalue weighted by Gasteiger charge is -2.11. The van der Waals surface area contributed by atoms with Crippen molar-refractivity contribution in [3.8, 4) is 0 Å². The van der Waals surface area contributed by atoms with Gasteiger partial charge in [0.25, 0.3) is 10.1 Å². The smallest absolute Gasteiger partial charge is 0.322 e. The van der Waals surface area contributed by atoms with E-state index in [2.05, 4.69) is 10.1 Å². The van der Waals surface area contributed by atoms with Gasteiger partial charge in [-0.15, -0.1) is 0 Å². The first-order valence-corrected chi connectivity index (χ1v) is 7.03. The van der Waals surface area contributed by atoms with Gasteiger partial charge in [0.15, 0.2) is 0 Å². The fourth-order valence-corrected chi connectivity index (χ4v) is 1.42. The Morgan fingerprint density at radius 1 is 1.67 bits per heavy atom. The molecule has 0 radical (unpaired) electrons. The Morgan fingerprint density at radius 2 is 2.17 bits per heavy atom. The van der Waals surface area contributed by atoms with Gasteiger partial charge in [-0.25, -0.2) is 0 Å². The first kappa shape index (κ1) is 16.8. The molecule has 0 spiro atoms. The SMILES string of the molecule is COC(=O)[C@@H](N)C[C@@H]1CCNC1=O.CS(=O)(=O)O. The van der Waals surface area contributed by atoms with Crippen LogP contribution in [0, 0.1) is 5.92 Å². The van der Waals surface area contributed by atoms with Gasteiger partial charge in [-0.05, 0) is 12.8 Å². The number of carbonyl (C=O) groups excluding carboxylic acids is 2. The van der Waals surface area contributed by atoms with Crippen LogP contribution >= 0.6 is 0 Å². The maximum absolute atomic E-state index is 11.1. The zero-order valence-corrected chi connectivity index (χ0v) is 11.1. The van der Waals surface area contributed by atoms with E-state index in [9.17, 15) is 18.0 Å². The number of carbonyl (C=O) groups is 2. The molecule has 0 aromatic heterocycles. The van der Waals surface area contributed by atoms with Crippen LogP contribution in [0.15, 0.2) is 0 Å². The molecule has 0 saturated carbocycles. The molecule has 4 N–H and O–H groups in total. The molecule has 8 nitrogen and oxygen atoms in total. The van der Waals surface area contributed by atoms with Crippen molar-refractivity contribution in [3.63, 3.8) is 0 Å². The summed E-state index contributed by atoms with van der Waals surface area (Å²) in [5.74, 6) is -0.604. The predicted molar refractivity (Wildman–Crippen MR) is 63.2 cm³/mol. The Kier molecular flexibility index (Phi) is 6.81. The van der Waals surface area contributed by atoms with Crippen LogP contribution in [-0.2, 0) is 24.4 Å². The van der Waals surface area contributed by atoms with Crippen LogP contribution in [0.3, 0.4) is 0 Å². The van der Waals surface area contributed by atoms with Gasteiger partial charge < -0.3 is 15.8 Å². The highest BCUT2D eigenvalue weighted by molar-refractivity contribution is 7.85. The maximum atomic E-state index is 11.1. The van der Waals surface area contributed by atoms with Crippen molar-refractivity contribution >= 4 is 22.0 Å². The quantitative estimate of drug-likeness (QED) is 0.424. The molecular weight excluding hydrogens is 264 g/mol. The third-order valence-electron chi connectivity index (χ3n) is 2.21. The molecule has 2 atom stereocenters. The zero-order valence-electron chi connectivity index (χ0n) is 10.3. The molecule has 1 rings (SSSR count). The number of hydrogen-bond donors (Lipinski definition) is 3. The zero-order chi connectivity index (χ0) is 14.3. The summed E-state index contributed by atoms with van der Waals surface area (Å²) < 4.78 is 30.3. The van der Waals surface area contributed by atoms with E-state index in [-0.39, 0.29) is 11.8 Å². The van der Waals surface area contributed by atoms with E-state index in [1.54, 1.807) is 0 Å². The lowest BCUT2D eigenvalue weighted by atomic mass is 9.99. The molecule has 0 aliphatic carbocycles. The fraction of sp³-hybridized carbons (Fsp3) is 0.778. The van der Waals surface area contributed by atoms with Gasteiger partial charge in [0.1, 0.15) is 6.04 Å². The molecule has 1 aliphatic heterocycles. The van der Waals surface area contributed by atoms with E-state index in [1.807, 2.05) is 0 Å². The van der Waals surface area contributed by atoms with Crippen molar-refractivity contribution in [1.82, 2.24) is 5.32 Å². The highest BCUT2D eigenvalue weighted by Gasteiger charge is 2.28. The van der Waals surface area contributed by atoms with Gasteiger partial charge >= 0.3 is 5.97 Å². The number of amides is 1. The molecule has 0 aromatic carbocycles. The molecule has 9 heteroatoms. The maximum Gasteiger partial charge on any atom is 0.322 e. The molecule has 1 aliphatic rings. The van der Waals surface area contributed by atoms with Gasteiger partial charge in [-0.2, -0.15) is 8.42 Å². The molecular formula is C9H18N2O6S. The van der Waals surface area contributed by atoms with Crippen LogP contribution in [0.25, 0.3) is 0 Å². The average Bonchev–Trinajstić information content (AvgIpc) is 2.60. The van der Waals surface area contributed by atoms with Crippen molar-refractivity contribution in [3.05, 3.63) is 0 Å². The third kappa shape index (κ3) is 7.98. The Morgan fingerprint density at radius 3 is 2.50 bits per heavy atom. The summed E-state index contributed by atoms with van der Waals surface area (Å²) in [5, 5.41) is 2.69. The van der Waals surface area contributed by atoms with Gasteiger partial charge in [0.2, 0.25) is 5.91 Å². The minimum absolute atomic E-state index is 0.0145. The second-order valence-electron chi connectivity index (χ2n) is 3.88. The van der Waals surface area contributed by atoms with Gasteiger partial charge in [-0.1, -0.05) is 0 Å². The van der Waals surface area contributed by atoms with E-state index >= 15 is 0 Å². The molecule has 18 heavy (non-hydrogen) atoms. The first-order chi connectivity index (χ1) is 8.15. The summed E-state index contributed by atoms with van der Waals surface area (Å²) in [7, 11) is -2.38. The topological polar surface area (TPSA) is 136 Å². The number of methoxy groups -OCH3 is 1. The first-order valence-electron chi connectivity index (χ1n) is 5.18. The average molecular weight is 282 g/mol. The Hall–Kier alpha value is -1.19. The second-order valence-corrected chi connectivity index (χ2v) is 5.34. The highest BCUT2D eigenvalue weighted by atomic mass is 32.2. The molecule has 0 bridgehead atoms. The third-order valence-corrected chi connectivity index (χ3v) is 2.21. The summed E-state index contributed by atoms with van der Waals surface area (Å²) in [6.07, 6.45) is 1.84. The lowest BCUT2D eigenvalue weighted by Crippen LogP contribution is -2.35. The molecule has 106 valence electrons. The molecule has 0 aromatic rings.